The van der Waals surface area contributed by atoms with Crippen molar-refractivity contribution in [3.05, 3.63) is 20.8 Å². The molecule has 1 aromatic rings. The summed E-state index contributed by atoms with van der Waals surface area (Å²) < 4.78 is 38.4. The molecule has 1 heterocycles. The average molecular weight is 314 g/mol. The van der Waals surface area contributed by atoms with Crippen molar-refractivity contribution in [2.45, 2.75) is 24.6 Å². The Morgan fingerprint density at radius 3 is 2.50 bits per heavy atom. The summed E-state index contributed by atoms with van der Waals surface area (Å²) in [6.45, 7) is 0. The zero-order chi connectivity index (χ0) is 12.0. The fraction of sp³-hybridized carbons (Fsp3) is 0.444. The molecule has 7 heteroatoms. The molecule has 0 radical (unpaired) electrons. The van der Waals surface area contributed by atoms with Crippen LogP contribution in [0.15, 0.2) is 15.2 Å². The molecule has 0 saturated heterocycles. The van der Waals surface area contributed by atoms with E-state index >= 15 is 0 Å². The lowest BCUT2D eigenvalue weighted by atomic mass is 10.2. The summed E-state index contributed by atoms with van der Waals surface area (Å²) in [4.78, 5) is 11.5. The maximum absolute atomic E-state index is 12.6. The summed E-state index contributed by atoms with van der Waals surface area (Å²) in [5, 5.41) is 3.58. The van der Waals surface area contributed by atoms with Crippen LogP contribution in [0.3, 0.4) is 0 Å². The summed E-state index contributed by atoms with van der Waals surface area (Å²) in [6, 6.07) is 1.51. The highest BCUT2D eigenvalue weighted by Gasteiger charge is 2.64. The molecule has 1 saturated carbocycles. The highest BCUT2D eigenvalue weighted by atomic mass is 79.9. The molecule has 1 fully saturated rings. The standard InChI is InChI=1S/C9H7BrF3NOS/c10-6-3-5(4-16-6)7(15)14-8(1-2-8)9(11,12)13/h3-4H,1-2H2,(H,14,15). The van der Waals surface area contributed by atoms with Crippen LogP contribution in [0, 0.1) is 0 Å². The molecule has 16 heavy (non-hydrogen) atoms. The van der Waals surface area contributed by atoms with Gasteiger partial charge in [0.2, 0.25) is 0 Å². The highest BCUT2D eigenvalue weighted by molar-refractivity contribution is 9.11. The fourth-order valence-electron chi connectivity index (χ4n) is 1.32. The smallest absolute Gasteiger partial charge is 0.338 e. The van der Waals surface area contributed by atoms with Gasteiger partial charge in [-0.25, -0.2) is 0 Å². The van der Waals surface area contributed by atoms with Crippen molar-refractivity contribution >= 4 is 33.2 Å². The Morgan fingerprint density at radius 1 is 1.50 bits per heavy atom. The summed E-state index contributed by atoms with van der Waals surface area (Å²) >= 11 is 4.41. The van der Waals surface area contributed by atoms with Crippen LogP contribution in [0.1, 0.15) is 23.2 Å². The second-order valence-corrected chi connectivity index (χ2v) is 5.96. The largest absolute Gasteiger partial charge is 0.411 e. The lowest BCUT2D eigenvalue weighted by Gasteiger charge is -2.20. The van der Waals surface area contributed by atoms with E-state index in [0.717, 1.165) is 3.79 Å². The molecule has 1 N–H and O–H groups in total. The first-order chi connectivity index (χ1) is 7.34. The van der Waals surface area contributed by atoms with E-state index in [-0.39, 0.29) is 18.4 Å². The molecule has 88 valence electrons. The van der Waals surface area contributed by atoms with Crippen molar-refractivity contribution in [1.82, 2.24) is 5.32 Å². The van der Waals surface area contributed by atoms with E-state index in [1.807, 2.05) is 0 Å². The minimum Gasteiger partial charge on any atom is -0.338 e. The predicted octanol–water partition coefficient (Wildman–Crippen LogP) is 3.34. The van der Waals surface area contributed by atoms with Crippen LogP contribution < -0.4 is 5.32 Å². The van der Waals surface area contributed by atoms with Crippen molar-refractivity contribution < 1.29 is 18.0 Å². The molecule has 1 aliphatic rings. The zero-order valence-corrected chi connectivity index (χ0v) is 10.3. The van der Waals surface area contributed by atoms with Crippen LogP contribution in [0.2, 0.25) is 0 Å². The maximum Gasteiger partial charge on any atom is 0.411 e. The minimum atomic E-state index is -4.37. The normalized spacial score (nSPS) is 18.2. The number of amides is 1. The molecule has 1 aromatic heterocycles. The predicted molar refractivity (Wildman–Crippen MR) is 57.5 cm³/mol. The Balaban J connectivity index is 2.09. The quantitative estimate of drug-likeness (QED) is 0.891. The first kappa shape index (κ1) is 11.9. The monoisotopic (exact) mass is 313 g/mol. The van der Waals surface area contributed by atoms with Crippen LogP contribution in [0.4, 0.5) is 13.2 Å². The van der Waals surface area contributed by atoms with Gasteiger partial charge in [-0.3, -0.25) is 4.79 Å². The molecule has 0 aliphatic heterocycles. The third-order valence-electron chi connectivity index (χ3n) is 2.48. The molecular formula is C9H7BrF3NOS. The van der Waals surface area contributed by atoms with Gasteiger partial charge in [-0.15, -0.1) is 11.3 Å². The van der Waals surface area contributed by atoms with E-state index in [9.17, 15) is 18.0 Å². The number of hydrogen-bond acceptors (Lipinski definition) is 2. The fourth-order valence-corrected chi connectivity index (χ4v) is 2.46. The number of halogens is 4. The van der Waals surface area contributed by atoms with Gasteiger partial charge in [-0.05, 0) is 34.8 Å². The van der Waals surface area contributed by atoms with E-state index in [0.29, 0.717) is 0 Å². The van der Waals surface area contributed by atoms with E-state index in [4.69, 9.17) is 0 Å². The van der Waals surface area contributed by atoms with Crippen LogP contribution in [-0.2, 0) is 0 Å². The van der Waals surface area contributed by atoms with Crippen molar-refractivity contribution in [3.63, 3.8) is 0 Å². The Morgan fingerprint density at radius 2 is 2.12 bits per heavy atom. The van der Waals surface area contributed by atoms with Gasteiger partial charge in [0, 0.05) is 5.38 Å². The summed E-state index contributed by atoms with van der Waals surface area (Å²) in [6.07, 6.45) is -4.43. The first-order valence-corrected chi connectivity index (χ1v) is 6.15. The van der Waals surface area contributed by atoms with Gasteiger partial charge < -0.3 is 5.32 Å². The molecule has 0 unspecified atom stereocenters. The van der Waals surface area contributed by atoms with Crippen LogP contribution in [-0.4, -0.2) is 17.6 Å². The molecule has 0 atom stereocenters. The SMILES string of the molecule is O=C(NC1(C(F)(F)F)CC1)c1csc(Br)c1. The number of rotatable bonds is 2. The Labute approximate surface area is 102 Å². The Bertz CT molecular complexity index is 425. The van der Waals surface area contributed by atoms with Crippen LogP contribution >= 0.6 is 27.3 Å². The molecular weight excluding hydrogens is 307 g/mol. The van der Waals surface area contributed by atoms with Crippen molar-refractivity contribution in [2.75, 3.05) is 0 Å². The average Bonchev–Trinajstić information content (AvgIpc) is 2.81. The summed E-state index contributed by atoms with van der Waals surface area (Å²) in [5.74, 6) is -0.670. The van der Waals surface area contributed by atoms with E-state index in [1.165, 1.54) is 22.8 Å². The van der Waals surface area contributed by atoms with Gasteiger partial charge in [0.25, 0.3) is 5.91 Å². The maximum atomic E-state index is 12.6. The van der Waals surface area contributed by atoms with Crippen molar-refractivity contribution in [3.8, 4) is 0 Å². The molecule has 0 spiro atoms. The summed E-state index contributed by atoms with van der Waals surface area (Å²) in [7, 11) is 0. The van der Waals surface area contributed by atoms with Crippen molar-refractivity contribution in [1.29, 1.82) is 0 Å². The topological polar surface area (TPSA) is 29.1 Å². The number of carbonyl (C=O) groups excluding carboxylic acids is 1. The van der Waals surface area contributed by atoms with Gasteiger partial charge in [-0.1, -0.05) is 0 Å². The number of thiophene rings is 1. The molecule has 0 aromatic carbocycles. The molecule has 2 nitrogen and oxygen atoms in total. The molecule has 1 aliphatic carbocycles. The van der Waals surface area contributed by atoms with Crippen LogP contribution in [0.25, 0.3) is 0 Å². The molecule has 0 bridgehead atoms. The lowest BCUT2D eigenvalue weighted by molar-refractivity contribution is -0.163. The van der Waals surface area contributed by atoms with Crippen LogP contribution in [0.5, 0.6) is 0 Å². The van der Waals surface area contributed by atoms with Gasteiger partial charge in [0.15, 0.2) is 0 Å². The van der Waals surface area contributed by atoms with Gasteiger partial charge in [-0.2, -0.15) is 13.2 Å². The van der Waals surface area contributed by atoms with Crippen molar-refractivity contribution in [2.24, 2.45) is 0 Å². The number of alkyl halides is 3. The molecule has 2 rings (SSSR count). The second kappa shape index (κ2) is 3.73. The Kier molecular flexibility index (Phi) is 2.78. The number of hydrogen-bond donors (Lipinski definition) is 1. The minimum absolute atomic E-state index is 0.0342. The van der Waals surface area contributed by atoms with Gasteiger partial charge in [0.1, 0.15) is 5.54 Å². The Hall–Kier alpha value is -0.560. The number of nitrogens with one attached hydrogen (secondary N) is 1. The highest BCUT2D eigenvalue weighted by Crippen LogP contribution is 2.49. The van der Waals surface area contributed by atoms with E-state index < -0.39 is 17.6 Å². The zero-order valence-electron chi connectivity index (χ0n) is 7.90. The first-order valence-electron chi connectivity index (χ1n) is 4.47. The molecule has 1 amide bonds. The second-order valence-electron chi connectivity index (χ2n) is 3.67. The van der Waals surface area contributed by atoms with E-state index in [1.54, 1.807) is 0 Å². The third-order valence-corrected chi connectivity index (χ3v) is 3.98. The third kappa shape index (κ3) is 2.10. The van der Waals surface area contributed by atoms with Gasteiger partial charge >= 0.3 is 6.18 Å². The van der Waals surface area contributed by atoms with E-state index in [2.05, 4.69) is 21.2 Å². The summed E-state index contributed by atoms with van der Waals surface area (Å²) in [5.41, 5.74) is -1.73. The lowest BCUT2D eigenvalue weighted by Crippen LogP contribution is -2.47. The number of carbonyl (C=O) groups is 1. The van der Waals surface area contributed by atoms with Gasteiger partial charge in [0.05, 0.1) is 9.35 Å².